The second-order valence-electron chi connectivity index (χ2n) is 3.43. The van der Waals surface area contributed by atoms with Gasteiger partial charge in [-0.05, 0) is 5.53 Å². The van der Waals surface area contributed by atoms with Gasteiger partial charge in [0, 0.05) is 30.1 Å². The Bertz CT molecular complexity index is 481. The second-order valence-corrected chi connectivity index (χ2v) is 3.43. The van der Waals surface area contributed by atoms with Crippen LogP contribution in [0.2, 0.25) is 0 Å². The summed E-state index contributed by atoms with van der Waals surface area (Å²) in [6.07, 6.45) is 0. The Morgan fingerprint density at radius 1 is 1.69 bits per heavy atom. The molecule has 1 aliphatic rings. The van der Waals surface area contributed by atoms with Gasteiger partial charge < -0.3 is 15.6 Å². The number of nitrogen functional groups attached to an aromatic ring is 1. The highest BCUT2D eigenvalue weighted by Gasteiger charge is 2.21. The molecule has 0 atom stereocenters. The van der Waals surface area contributed by atoms with Gasteiger partial charge in [0.25, 0.3) is 0 Å². The molecule has 0 spiro atoms. The van der Waals surface area contributed by atoms with Crippen molar-refractivity contribution in [2.45, 2.75) is 6.54 Å². The molecule has 3 N–H and O–H groups in total. The molecule has 0 saturated heterocycles. The van der Waals surface area contributed by atoms with Crippen LogP contribution in [0.4, 0.5) is 11.4 Å². The Morgan fingerprint density at radius 3 is 3.12 bits per heavy atom. The number of nitrogens with zero attached hydrogens (tertiary/aromatic N) is 4. The molecule has 0 fully saturated rings. The predicted molar refractivity (Wildman–Crippen MR) is 57.7 cm³/mol. The van der Waals surface area contributed by atoms with Crippen LogP contribution in [0.3, 0.4) is 0 Å². The first-order valence-electron chi connectivity index (χ1n) is 4.51. The van der Waals surface area contributed by atoms with E-state index in [9.17, 15) is 5.11 Å². The van der Waals surface area contributed by atoms with E-state index in [0.717, 1.165) is 0 Å². The van der Waals surface area contributed by atoms with Gasteiger partial charge in [-0.3, -0.25) is 4.90 Å². The summed E-state index contributed by atoms with van der Waals surface area (Å²) in [5, 5.41) is 13.1. The minimum atomic E-state index is -0.226. The van der Waals surface area contributed by atoms with Gasteiger partial charge in [0.2, 0.25) is 0 Å². The number of anilines is 1. The molecule has 0 bridgehead atoms. The zero-order valence-electron chi connectivity index (χ0n) is 8.42. The third kappa shape index (κ3) is 1.58. The SMILES string of the molecule is [CH2]N1COc2cc(N)c(O)c(N=[N+]=[N-])c2C1. The molecule has 7 heteroatoms. The second kappa shape index (κ2) is 3.80. The van der Waals surface area contributed by atoms with Crippen LogP contribution in [0, 0.1) is 7.05 Å². The van der Waals surface area contributed by atoms with Gasteiger partial charge >= 0.3 is 0 Å². The van der Waals surface area contributed by atoms with Crippen molar-refractivity contribution in [2.75, 3.05) is 12.5 Å². The number of hydrogen-bond acceptors (Lipinski definition) is 5. The molecular formula is C9H10N5O2. The number of azide groups is 1. The number of ether oxygens (including phenoxy) is 1. The van der Waals surface area contributed by atoms with E-state index in [1.54, 1.807) is 4.90 Å². The summed E-state index contributed by atoms with van der Waals surface area (Å²) < 4.78 is 5.35. The number of hydrogen-bond donors (Lipinski definition) is 2. The van der Waals surface area contributed by atoms with Crippen molar-refractivity contribution >= 4 is 11.4 Å². The fourth-order valence-electron chi connectivity index (χ4n) is 1.56. The average molecular weight is 220 g/mol. The highest BCUT2D eigenvalue weighted by atomic mass is 16.5. The van der Waals surface area contributed by atoms with Crippen LogP contribution >= 0.6 is 0 Å². The standard InChI is InChI=1S/C9H10N5O2/c1-14-3-5-7(16-4-14)2-6(10)9(15)8(5)12-13-11/h2,15H,1,3-4,10H2. The first-order chi connectivity index (χ1) is 7.63. The van der Waals surface area contributed by atoms with Gasteiger partial charge in [-0.25, -0.2) is 0 Å². The van der Waals surface area contributed by atoms with Crippen LogP contribution < -0.4 is 10.5 Å². The van der Waals surface area contributed by atoms with Crippen LogP contribution in [-0.2, 0) is 6.54 Å². The molecule has 0 saturated carbocycles. The van der Waals surface area contributed by atoms with Crippen molar-refractivity contribution < 1.29 is 9.84 Å². The lowest BCUT2D eigenvalue weighted by Crippen LogP contribution is -2.26. The van der Waals surface area contributed by atoms with E-state index >= 15 is 0 Å². The number of rotatable bonds is 1. The fourth-order valence-corrected chi connectivity index (χ4v) is 1.56. The van der Waals surface area contributed by atoms with E-state index in [-0.39, 0.29) is 17.1 Å². The monoisotopic (exact) mass is 220 g/mol. The molecule has 0 aromatic heterocycles. The van der Waals surface area contributed by atoms with Gasteiger partial charge in [0.05, 0.1) is 11.4 Å². The molecule has 0 unspecified atom stereocenters. The molecule has 0 amide bonds. The van der Waals surface area contributed by atoms with Crippen LogP contribution in [0.25, 0.3) is 10.4 Å². The maximum absolute atomic E-state index is 9.69. The number of aromatic hydroxyl groups is 1. The highest BCUT2D eigenvalue weighted by molar-refractivity contribution is 5.73. The molecule has 16 heavy (non-hydrogen) atoms. The molecule has 2 rings (SSSR count). The first-order valence-corrected chi connectivity index (χ1v) is 4.51. The predicted octanol–water partition coefficient (Wildman–Crippen LogP) is 1.86. The molecule has 83 valence electrons. The van der Waals surface area contributed by atoms with Crippen molar-refractivity contribution in [2.24, 2.45) is 5.11 Å². The molecule has 7 nitrogen and oxygen atoms in total. The normalized spacial score (nSPS) is 14.8. The molecule has 1 aromatic rings. The quantitative estimate of drug-likeness (QED) is 0.247. The smallest absolute Gasteiger partial charge is 0.148 e. The third-order valence-corrected chi connectivity index (χ3v) is 2.30. The van der Waals surface area contributed by atoms with Gasteiger partial charge in [-0.15, -0.1) is 0 Å². The van der Waals surface area contributed by atoms with Crippen molar-refractivity contribution in [1.29, 1.82) is 0 Å². The molecular weight excluding hydrogens is 210 g/mol. The van der Waals surface area contributed by atoms with E-state index in [1.165, 1.54) is 6.07 Å². The minimum Gasteiger partial charge on any atom is -0.505 e. The van der Waals surface area contributed by atoms with Crippen molar-refractivity contribution in [3.63, 3.8) is 0 Å². The molecule has 1 aromatic carbocycles. The Balaban J connectivity index is 2.64. The fraction of sp³-hybridized carbons (Fsp3) is 0.222. The number of phenolic OH excluding ortho intramolecular Hbond substituents is 1. The largest absolute Gasteiger partial charge is 0.505 e. The van der Waals surface area contributed by atoms with E-state index in [4.69, 9.17) is 16.0 Å². The van der Waals surface area contributed by atoms with E-state index in [1.807, 2.05) is 0 Å². The summed E-state index contributed by atoms with van der Waals surface area (Å²) in [4.78, 5) is 4.29. The maximum Gasteiger partial charge on any atom is 0.148 e. The van der Waals surface area contributed by atoms with Crippen LogP contribution in [0.1, 0.15) is 5.56 Å². The molecule has 1 radical (unpaired) electrons. The molecule has 0 aliphatic carbocycles. The average Bonchev–Trinajstić information content (AvgIpc) is 2.26. The number of fused-ring (bicyclic) bond motifs is 1. The van der Waals surface area contributed by atoms with Gasteiger partial charge in [0.15, 0.2) is 0 Å². The summed E-state index contributed by atoms with van der Waals surface area (Å²) in [5.74, 6) is 0.285. The van der Waals surface area contributed by atoms with Gasteiger partial charge in [-0.1, -0.05) is 5.11 Å². The Labute approximate surface area is 91.7 Å². The lowest BCUT2D eigenvalue weighted by Gasteiger charge is -2.27. The summed E-state index contributed by atoms with van der Waals surface area (Å²) in [7, 11) is 3.71. The Morgan fingerprint density at radius 2 is 2.44 bits per heavy atom. The summed E-state index contributed by atoms with van der Waals surface area (Å²) in [6.45, 7) is 0.754. The summed E-state index contributed by atoms with van der Waals surface area (Å²) in [5.41, 5.74) is 14.8. The minimum absolute atomic E-state index is 0.103. The zero-order chi connectivity index (χ0) is 11.7. The zero-order valence-corrected chi connectivity index (χ0v) is 8.42. The topological polar surface area (TPSA) is 107 Å². The maximum atomic E-state index is 9.69. The van der Waals surface area contributed by atoms with Crippen LogP contribution in [0.15, 0.2) is 11.2 Å². The van der Waals surface area contributed by atoms with Crippen molar-refractivity contribution in [3.8, 4) is 11.5 Å². The van der Waals surface area contributed by atoms with E-state index in [0.29, 0.717) is 24.6 Å². The molecule has 1 aliphatic heterocycles. The first kappa shape index (κ1) is 10.4. The van der Waals surface area contributed by atoms with Gasteiger partial charge in [-0.2, -0.15) is 0 Å². The van der Waals surface area contributed by atoms with E-state index < -0.39 is 0 Å². The summed E-state index contributed by atoms with van der Waals surface area (Å²) in [6, 6.07) is 1.51. The highest BCUT2D eigenvalue weighted by Crippen LogP contribution is 2.43. The Hall–Kier alpha value is -2.11. The van der Waals surface area contributed by atoms with E-state index in [2.05, 4.69) is 17.1 Å². The third-order valence-electron chi connectivity index (χ3n) is 2.30. The van der Waals surface area contributed by atoms with Crippen molar-refractivity contribution in [1.82, 2.24) is 4.90 Å². The number of benzene rings is 1. The lowest BCUT2D eigenvalue weighted by atomic mass is 10.1. The van der Waals surface area contributed by atoms with Crippen molar-refractivity contribution in [3.05, 3.63) is 29.1 Å². The van der Waals surface area contributed by atoms with Crippen LogP contribution in [0.5, 0.6) is 11.5 Å². The molecule has 1 heterocycles. The van der Waals surface area contributed by atoms with Gasteiger partial charge in [0.1, 0.15) is 18.2 Å². The number of nitrogens with two attached hydrogens (primary N) is 1. The van der Waals surface area contributed by atoms with Crippen LogP contribution in [-0.4, -0.2) is 16.7 Å². The summed E-state index contributed by atoms with van der Waals surface area (Å²) >= 11 is 0. The number of phenols is 1. The Kier molecular flexibility index (Phi) is 2.47. The lowest BCUT2D eigenvalue weighted by molar-refractivity contribution is 0.138.